The monoisotopic (exact) mass is 301 g/mol. The molecule has 106 valence electrons. The van der Waals surface area contributed by atoms with E-state index in [0.717, 1.165) is 25.4 Å². The van der Waals surface area contributed by atoms with E-state index in [1.807, 2.05) is 32.3 Å². The lowest BCUT2D eigenvalue weighted by Gasteiger charge is -2.11. The van der Waals surface area contributed by atoms with E-state index >= 15 is 0 Å². The Labute approximate surface area is 124 Å². The van der Waals surface area contributed by atoms with E-state index in [1.54, 1.807) is 0 Å². The molecular formula is C13H20ClN3OS. The molecule has 0 aliphatic rings. The zero-order valence-corrected chi connectivity index (χ0v) is 12.9. The van der Waals surface area contributed by atoms with Crippen LogP contribution in [-0.2, 0) is 4.74 Å². The third-order valence-corrected chi connectivity index (χ3v) is 3.03. The lowest BCUT2D eigenvalue weighted by atomic mass is 10.2. The SMILES string of the molecule is CN(C)CCOCCNc1ccc(C(N)=S)c(Cl)c1. The Kier molecular flexibility index (Phi) is 7.09. The Hall–Kier alpha value is -0.880. The highest BCUT2D eigenvalue weighted by molar-refractivity contribution is 7.80. The van der Waals surface area contributed by atoms with E-state index in [2.05, 4.69) is 10.2 Å². The van der Waals surface area contributed by atoms with Crippen LogP contribution in [0.2, 0.25) is 5.02 Å². The minimum absolute atomic E-state index is 0.309. The van der Waals surface area contributed by atoms with Crippen molar-refractivity contribution >= 4 is 34.5 Å². The molecule has 0 aliphatic heterocycles. The van der Waals surface area contributed by atoms with Gasteiger partial charge in [0.2, 0.25) is 0 Å². The molecule has 0 bridgehead atoms. The van der Waals surface area contributed by atoms with E-state index in [0.29, 0.717) is 22.2 Å². The molecule has 0 aliphatic carbocycles. The van der Waals surface area contributed by atoms with Crippen molar-refractivity contribution in [3.8, 4) is 0 Å². The normalized spacial score (nSPS) is 10.7. The summed E-state index contributed by atoms with van der Waals surface area (Å²) in [5.74, 6) is 0. The first kappa shape index (κ1) is 16.2. The van der Waals surface area contributed by atoms with Crippen LogP contribution in [0.3, 0.4) is 0 Å². The predicted octanol–water partition coefficient (Wildman–Crippen LogP) is 1.96. The molecule has 0 heterocycles. The fourth-order valence-electron chi connectivity index (χ4n) is 1.44. The molecule has 4 nitrogen and oxygen atoms in total. The first-order chi connectivity index (χ1) is 9.00. The standard InChI is InChI=1S/C13H20ClN3OS/c1-17(2)6-8-18-7-5-16-10-3-4-11(13(15)19)12(14)9-10/h3-4,9,16H,5-8H2,1-2H3,(H2,15,19). The van der Waals surface area contributed by atoms with Crippen LogP contribution in [-0.4, -0.2) is 50.3 Å². The Morgan fingerprint density at radius 1 is 1.42 bits per heavy atom. The summed E-state index contributed by atoms with van der Waals surface area (Å²) in [4.78, 5) is 2.39. The molecular weight excluding hydrogens is 282 g/mol. The lowest BCUT2D eigenvalue weighted by Crippen LogP contribution is -2.20. The third-order valence-electron chi connectivity index (χ3n) is 2.49. The van der Waals surface area contributed by atoms with Gasteiger partial charge in [-0.15, -0.1) is 0 Å². The van der Waals surface area contributed by atoms with Crippen LogP contribution in [0.4, 0.5) is 5.69 Å². The third kappa shape index (κ3) is 6.20. The molecule has 0 atom stereocenters. The van der Waals surface area contributed by atoms with Crippen LogP contribution in [0, 0.1) is 0 Å². The molecule has 0 aromatic heterocycles. The van der Waals surface area contributed by atoms with Gasteiger partial charge in [-0.2, -0.15) is 0 Å². The number of anilines is 1. The lowest BCUT2D eigenvalue weighted by molar-refractivity contribution is 0.126. The number of ether oxygens (including phenoxy) is 1. The fraction of sp³-hybridized carbons (Fsp3) is 0.462. The van der Waals surface area contributed by atoms with E-state index in [1.165, 1.54) is 0 Å². The molecule has 19 heavy (non-hydrogen) atoms. The second-order valence-corrected chi connectivity index (χ2v) is 5.25. The summed E-state index contributed by atoms with van der Waals surface area (Å²) in [5.41, 5.74) is 7.18. The van der Waals surface area contributed by atoms with Gasteiger partial charge in [0.15, 0.2) is 0 Å². The smallest absolute Gasteiger partial charge is 0.105 e. The second-order valence-electron chi connectivity index (χ2n) is 4.40. The summed E-state index contributed by atoms with van der Waals surface area (Å²) in [6.45, 7) is 3.04. The van der Waals surface area contributed by atoms with Crippen molar-refractivity contribution < 1.29 is 4.74 Å². The van der Waals surface area contributed by atoms with Gasteiger partial charge in [-0.25, -0.2) is 0 Å². The van der Waals surface area contributed by atoms with Crippen molar-refractivity contribution in [2.24, 2.45) is 5.73 Å². The Morgan fingerprint density at radius 2 is 2.16 bits per heavy atom. The number of thiocarbonyl (C=S) groups is 1. The molecule has 1 aromatic carbocycles. The van der Waals surface area contributed by atoms with E-state index in [-0.39, 0.29) is 0 Å². The Morgan fingerprint density at radius 3 is 2.74 bits per heavy atom. The first-order valence-corrected chi connectivity index (χ1v) is 6.85. The van der Waals surface area contributed by atoms with Crippen molar-refractivity contribution in [1.82, 2.24) is 4.90 Å². The Balaban J connectivity index is 2.30. The molecule has 0 saturated carbocycles. The van der Waals surface area contributed by atoms with E-state index in [4.69, 9.17) is 34.3 Å². The fourth-order valence-corrected chi connectivity index (χ4v) is 1.96. The number of nitrogens with two attached hydrogens (primary N) is 1. The van der Waals surface area contributed by atoms with Crippen LogP contribution < -0.4 is 11.1 Å². The topological polar surface area (TPSA) is 50.5 Å². The predicted molar refractivity (Wildman–Crippen MR) is 85.2 cm³/mol. The van der Waals surface area contributed by atoms with Crippen LogP contribution in [0.5, 0.6) is 0 Å². The molecule has 0 spiro atoms. The van der Waals surface area contributed by atoms with Crippen molar-refractivity contribution in [3.05, 3.63) is 28.8 Å². The molecule has 0 amide bonds. The van der Waals surface area contributed by atoms with E-state index < -0.39 is 0 Å². The summed E-state index contributed by atoms with van der Waals surface area (Å²) < 4.78 is 5.48. The van der Waals surface area contributed by atoms with Gasteiger partial charge in [0.25, 0.3) is 0 Å². The number of hydrogen-bond donors (Lipinski definition) is 2. The van der Waals surface area contributed by atoms with Crippen molar-refractivity contribution in [3.63, 3.8) is 0 Å². The zero-order chi connectivity index (χ0) is 14.3. The van der Waals surface area contributed by atoms with Gasteiger partial charge < -0.3 is 20.7 Å². The van der Waals surface area contributed by atoms with Gasteiger partial charge in [0.1, 0.15) is 4.99 Å². The summed E-state index contributed by atoms with van der Waals surface area (Å²) in [7, 11) is 4.04. The van der Waals surface area contributed by atoms with E-state index in [9.17, 15) is 0 Å². The quantitative estimate of drug-likeness (QED) is 0.568. The average molecular weight is 302 g/mol. The number of nitrogens with zero attached hydrogens (tertiary/aromatic N) is 1. The number of benzene rings is 1. The van der Waals surface area contributed by atoms with Gasteiger partial charge in [0.05, 0.1) is 18.2 Å². The highest BCUT2D eigenvalue weighted by Gasteiger charge is 2.03. The maximum Gasteiger partial charge on any atom is 0.105 e. The number of likely N-dealkylation sites (N-methyl/N-ethyl adjacent to an activating group) is 1. The summed E-state index contributed by atoms with van der Waals surface area (Å²) in [6, 6.07) is 5.54. The maximum atomic E-state index is 6.08. The van der Waals surface area contributed by atoms with Crippen LogP contribution in [0.15, 0.2) is 18.2 Å². The molecule has 0 unspecified atom stereocenters. The average Bonchev–Trinajstić information content (AvgIpc) is 2.32. The molecule has 0 fully saturated rings. The minimum atomic E-state index is 0.309. The maximum absolute atomic E-state index is 6.08. The van der Waals surface area contributed by atoms with Crippen LogP contribution >= 0.6 is 23.8 Å². The number of hydrogen-bond acceptors (Lipinski definition) is 4. The highest BCUT2D eigenvalue weighted by atomic mass is 35.5. The van der Waals surface area contributed by atoms with Crippen molar-refractivity contribution in [1.29, 1.82) is 0 Å². The zero-order valence-electron chi connectivity index (χ0n) is 11.3. The molecule has 1 aromatic rings. The largest absolute Gasteiger partial charge is 0.389 e. The van der Waals surface area contributed by atoms with Crippen LogP contribution in [0.1, 0.15) is 5.56 Å². The van der Waals surface area contributed by atoms with Gasteiger partial charge >= 0.3 is 0 Å². The highest BCUT2D eigenvalue weighted by Crippen LogP contribution is 2.20. The van der Waals surface area contributed by atoms with Crippen molar-refractivity contribution in [2.75, 3.05) is 45.7 Å². The summed E-state index contributed by atoms with van der Waals surface area (Å²) in [6.07, 6.45) is 0. The second kappa shape index (κ2) is 8.32. The molecule has 1 rings (SSSR count). The summed E-state index contributed by atoms with van der Waals surface area (Å²) >= 11 is 11.0. The van der Waals surface area contributed by atoms with Gasteiger partial charge in [-0.05, 0) is 32.3 Å². The van der Waals surface area contributed by atoms with Gasteiger partial charge in [-0.1, -0.05) is 23.8 Å². The minimum Gasteiger partial charge on any atom is -0.389 e. The number of nitrogens with one attached hydrogen (secondary N) is 1. The Bertz CT molecular complexity index is 426. The number of rotatable bonds is 8. The molecule has 3 N–H and O–H groups in total. The van der Waals surface area contributed by atoms with Gasteiger partial charge in [0, 0.05) is 24.3 Å². The molecule has 0 radical (unpaired) electrons. The molecule has 6 heteroatoms. The van der Waals surface area contributed by atoms with Crippen LogP contribution in [0.25, 0.3) is 0 Å². The van der Waals surface area contributed by atoms with Crippen molar-refractivity contribution in [2.45, 2.75) is 0 Å². The first-order valence-electron chi connectivity index (χ1n) is 6.06. The number of halogens is 1. The molecule has 0 saturated heterocycles. The summed E-state index contributed by atoms with van der Waals surface area (Å²) in [5, 5.41) is 3.79. The van der Waals surface area contributed by atoms with Gasteiger partial charge in [-0.3, -0.25) is 0 Å².